The first-order valence-corrected chi connectivity index (χ1v) is 20.6. The number of amides is 2. The van der Waals surface area contributed by atoms with Gasteiger partial charge in [0.15, 0.2) is 11.6 Å². The highest BCUT2D eigenvalue weighted by Crippen LogP contribution is 2.48. The van der Waals surface area contributed by atoms with Crippen molar-refractivity contribution in [2.24, 2.45) is 5.92 Å². The third-order valence-electron chi connectivity index (χ3n) is 11.0. The number of nitrogens with zero attached hydrogens (tertiary/aromatic N) is 7. The van der Waals surface area contributed by atoms with E-state index in [-0.39, 0.29) is 75.3 Å². The van der Waals surface area contributed by atoms with E-state index in [1.807, 2.05) is 32.7 Å². The summed E-state index contributed by atoms with van der Waals surface area (Å²) in [5.41, 5.74) is -0.824. The van der Waals surface area contributed by atoms with Crippen LogP contribution in [0, 0.1) is 28.9 Å². The maximum Gasteiger partial charge on any atom is 0.412 e. The fourth-order valence-corrected chi connectivity index (χ4v) is 9.63. The Bertz CT molecular complexity index is 2380. The lowest BCUT2D eigenvalue weighted by molar-refractivity contribution is 0.0209. The lowest BCUT2D eigenvalue weighted by Gasteiger charge is -2.42. The van der Waals surface area contributed by atoms with E-state index in [1.54, 1.807) is 25.7 Å². The Morgan fingerprint density at radius 1 is 1.00 bits per heavy atom. The molecule has 2 bridgehead atoms. The monoisotopic (exact) mass is 836 g/mol. The lowest BCUT2D eigenvalue weighted by atomic mass is 9.93. The minimum absolute atomic E-state index is 0.00776. The van der Waals surface area contributed by atoms with Crippen molar-refractivity contribution in [1.29, 1.82) is 5.26 Å². The highest BCUT2D eigenvalue weighted by atomic mass is 32.1. The predicted octanol–water partition coefficient (Wildman–Crippen LogP) is 7.69. The topological polar surface area (TPSA) is 155 Å². The van der Waals surface area contributed by atoms with Crippen LogP contribution < -0.4 is 15.0 Å². The Morgan fingerprint density at radius 3 is 2.37 bits per heavy atom. The van der Waals surface area contributed by atoms with Crippen LogP contribution in [0.3, 0.4) is 0 Å². The quantitative estimate of drug-likeness (QED) is 0.203. The van der Waals surface area contributed by atoms with E-state index < -0.39 is 47.1 Å². The highest BCUT2D eigenvalue weighted by Gasteiger charge is 2.45. The summed E-state index contributed by atoms with van der Waals surface area (Å²) in [6, 6.07) is 1.51. The van der Waals surface area contributed by atoms with Crippen LogP contribution in [0.15, 0.2) is 6.20 Å². The molecule has 4 aliphatic rings. The van der Waals surface area contributed by atoms with Gasteiger partial charge in [0.05, 0.1) is 47.4 Å². The Morgan fingerprint density at radius 2 is 1.69 bits per heavy atom. The minimum Gasteiger partial charge on any atom is -0.463 e. The van der Waals surface area contributed by atoms with Gasteiger partial charge < -0.3 is 33.6 Å². The van der Waals surface area contributed by atoms with Crippen LogP contribution in [0.2, 0.25) is 0 Å². The molecule has 1 N–H and O–H groups in total. The number of nitrogens with one attached hydrogen (secondary N) is 1. The van der Waals surface area contributed by atoms with E-state index in [2.05, 4.69) is 26.3 Å². The number of nitriles is 1. The zero-order valence-electron chi connectivity index (χ0n) is 34.1. The van der Waals surface area contributed by atoms with Crippen molar-refractivity contribution in [2.45, 2.75) is 103 Å². The zero-order valence-corrected chi connectivity index (χ0v) is 34.9. The standard InChI is InChI=1S/C41H47F3N8O6S/c1-40(2,3)57-38(53)49-36-23(12-45)29-32(46-13-27(43)34(29)59-36)28-24-18-55-19-25(24)30-33(31(28)44)47-37(56-17-20-14-50(7)11-10-26(20)42)48-35(30)52-21-8-9-22(52)16-51(15-21)39(54)58-41(4,5)6/h13,20-22,26H,8-11,14-19H2,1-7H3,(H,49,53)/t20-,21?,22?,26+/m1/s1. The number of carbonyl (C=O) groups excluding carboxylic acids is 2. The number of halogens is 3. The van der Waals surface area contributed by atoms with Crippen molar-refractivity contribution in [3.05, 3.63) is 34.5 Å². The van der Waals surface area contributed by atoms with Crippen LogP contribution in [0.1, 0.15) is 77.5 Å². The molecular weight excluding hydrogens is 790 g/mol. The van der Waals surface area contributed by atoms with Crippen LogP contribution >= 0.6 is 11.3 Å². The van der Waals surface area contributed by atoms with E-state index in [4.69, 9.17) is 23.9 Å². The molecule has 18 heteroatoms. The summed E-state index contributed by atoms with van der Waals surface area (Å²) in [4.78, 5) is 45.8. The molecule has 0 radical (unpaired) electrons. The van der Waals surface area contributed by atoms with Crippen molar-refractivity contribution < 1.29 is 41.7 Å². The molecule has 0 aliphatic carbocycles. The fourth-order valence-electron chi connectivity index (χ4n) is 8.59. The number of anilines is 2. The molecule has 7 heterocycles. The maximum atomic E-state index is 17.8. The number of fused-ring (bicyclic) bond motifs is 6. The first-order valence-electron chi connectivity index (χ1n) is 19.8. The number of alkyl halides is 1. The number of likely N-dealkylation sites (tertiary alicyclic amines) is 2. The van der Waals surface area contributed by atoms with Gasteiger partial charge in [-0.3, -0.25) is 10.3 Å². The Labute approximate surface area is 343 Å². The molecule has 8 rings (SSSR count). The van der Waals surface area contributed by atoms with E-state index in [0.29, 0.717) is 54.9 Å². The van der Waals surface area contributed by atoms with Crippen molar-refractivity contribution in [3.8, 4) is 23.3 Å². The molecule has 2 unspecified atom stereocenters. The Kier molecular flexibility index (Phi) is 10.5. The second-order valence-corrected chi connectivity index (χ2v) is 18.7. The van der Waals surface area contributed by atoms with E-state index >= 15 is 13.2 Å². The van der Waals surface area contributed by atoms with Gasteiger partial charge in [0.2, 0.25) is 0 Å². The minimum atomic E-state index is -1.10. The normalized spacial score (nSPS) is 22.1. The third kappa shape index (κ3) is 7.80. The molecule has 59 heavy (non-hydrogen) atoms. The SMILES string of the molecule is CN1CC[C@H](F)[C@@H](COc2nc(N3C4CCC3CN(C(=O)OC(C)(C)C)C4)c3c4c(c(-c5ncc(F)c6sc(NC(=O)OC(C)(C)C)c(C#N)c56)c(F)c3n2)COC4)C1. The number of ether oxygens (including phenoxy) is 4. The number of carbonyl (C=O) groups is 2. The van der Waals surface area contributed by atoms with Gasteiger partial charge in [0.1, 0.15) is 39.8 Å². The van der Waals surface area contributed by atoms with Crippen LogP contribution in [0.25, 0.3) is 32.2 Å². The molecule has 0 saturated carbocycles. The van der Waals surface area contributed by atoms with Crippen molar-refractivity contribution in [3.63, 3.8) is 0 Å². The van der Waals surface area contributed by atoms with Crippen LogP contribution in [0.4, 0.5) is 33.6 Å². The summed E-state index contributed by atoms with van der Waals surface area (Å²) in [5.74, 6) is -1.66. The smallest absolute Gasteiger partial charge is 0.412 e. The molecule has 4 aromatic rings. The fraction of sp³-hybridized carbons (Fsp3) is 0.561. The zero-order chi connectivity index (χ0) is 42.1. The van der Waals surface area contributed by atoms with Gasteiger partial charge in [-0.25, -0.2) is 22.8 Å². The average Bonchev–Trinajstić information content (AvgIpc) is 3.85. The lowest BCUT2D eigenvalue weighted by Crippen LogP contribution is -2.56. The number of hydrogen-bond donors (Lipinski definition) is 1. The Hall–Kier alpha value is -4.99. The van der Waals surface area contributed by atoms with Gasteiger partial charge in [-0.05, 0) is 79.0 Å². The number of rotatable bonds is 6. The number of hydrogen-bond acceptors (Lipinski definition) is 13. The van der Waals surface area contributed by atoms with Crippen LogP contribution in [0.5, 0.6) is 6.01 Å². The Balaban J connectivity index is 1.28. The summed E-state index contributed by atoms with van der Waals surface area (Å²) in [5, 5.41) is 13.4. The van der Waals surface area contributed by atoms with Crippen LogP contribution in [-0.4, -0.2) is 106 Å². The van der Waals surface area contributed by atoms with E-state index in [1.165, 1.54) is 0 Å². The van der Waals surface area contributed by atoms with E-state index in [9.17, 15) is 14.9 Å². The maximum absolute atomic E-state index is 17.8. The molecule has 3 fully saturated rings. The molecule has 0 spiro atoms. The number of pyridine rings is 1. The summed E-state index contributed by atoms with van der Waals surface area (Å²) in [7, 11) is 1.91. The second-order valence-electron chi connectivity index (χ2n) is 17.7. The number of benzene rings is 1. The molecule has 4 aliphatic heterocycles. The summed E-state index contributed by atoms with van der Waals surface area (Å²) in [6.07, 6.45) is 0.400. The van der Waals surface area contributed by atoms with Crippen molar-refractivity contribution in [1.82, 2.24) is 24.8 Å². The van der Waals surface area contributed by atoms with Crippen molar-refractivity contribution >= 4 is 55.3 Å². The van der Waals surface area contributed by atoms with Gasteiger partial charge in [0, 0.05) is 55.1 Å². The van der Waals surface area contributed by atoms with Gasteiger partial charge in [-0.1, -0.05) is 0 Å². The summed E-state index contributed by atoms with van der Waals surface area (Å²) < 4.78 is 71.7. The first-order chi connectivity index (χ1) is 27.9. The molecule has 3 aromatic heterocycles. The number of aromatic nitrogens is 3. The number of thiophene rings is 1. The predicted molar refractivity (Wildman–Crippen MR) is 214 cm³/mol. The summed E-state index contributed by atoms with van der Waals surface area (Å²) >= 11 is 0.811. The molecule has 3 saturated heterocycles. The average molecular weight is 837 g/mol. The number of piperidine rings is 1. The van der Waals surface area contributed by atoms with E-state index in [0.717, 1.165) is 30.4 Å². The second kappa shape index (κ2) is 15.2. The van der Waals surface area contributed by atoms with Gasteiger partial charge >= 0.3 is 18.2 Å². The molecule has 4 atom stereocenters. The van der Waals surface area contributed by atoms with Gasteiger partial charge in [-0.2, -0.15) is 15.2 Å². The highest BCUT2D eigenvalue weighted by molar-refractivity contribution is 7.23. The molecule has 14 nitrogen and oxygen atoms in total. The van der Waals surface area contributed by atoms with Gasteiger partial charge in [-0.15, -0.1) is 11.3 Å². The molecule has 2 amide bonds. The van der Waals surface area contributed by atoms with Crippen LogP contribution in [-0.2, 0) is 27.4 Å². The molecular formula is C41H47F3N8O6S. The third-order valence-corrected chi connectivity index (χ3v) is 12.2. The number of piperazine rings is 1. The molecule has 1 aromatic carbocycles. The van der Waals surface area contributed by atoms with Gasteiger partial charge in [0.25, 0.3) is 0 Å². The first kappa shape index (κ1) is 40.8. The summed E-state index contributed by atoms with van der Waals surface area (Å²) in [6.45, 7) is 12.2. The van der Waals surface area contributed by atoms with Crippen molar-refractivity contribution in [2.75, 3.05) is 50.1 Å². The largest absolute Gasteiger partial charge is 0.463 e. The molecule has 314 valence electrons.